The van der Waals surface area contributed by atoms with Crippen LogP contribution in [0.3, 0.4) is 0 Å². The zero-order valence-corrected chi connectivity index (χ0v) is 9.11. The van der Waals surface area contributed by atoms with Crippen LogP contribution < -0.4 is 5.73 Å². The lowest BCUT2D eigenvalue weighted by Crippen LogP contribution is -1.96. The Balaban J connectivity index is 2.25. The van der Waals surface area contributed by atoms with Crippen LogP contribution in [-0.2, 0) is 0 Å². The topological polar surface area (TPSA) is 64.7 Å². The molecule has 0 saturated heterocycles. The fourth-order valence-electron chi connectivity index (χ4n) is 1.50. The van der Waals surface area contributed by atoms with Gasteiger partial charge in [0.1, 0.15) is 11.5 Å². The van der Waals surface area contributed by atoms with Gasteiger partial charge in [0, 0.05) is 6.20 Å². The molecule has 0 radical (unpaired) electrons. The smallest absolute Gasteiger partial charge is 0.180 e. The van der Waals surface area contributed by atoms with Crippen LogP contribution in [0.5, 0.6) is 0 Å². The minimum absolute atomic E-state index is 0.514. The molecule has 16 heavy (non-hydrogen) atoms. The summed E-state index contributed by atoms with van der Waals surface area (Å²) in [6, 6.07) is 7.56. The third-order valence-corrected chi connectivity index (χ3v) is 3.15. The SMILES string of the molecule is Nc1nc(-c2ccccn2)nc2ccsc12. The van der Waals surface area contributed by atoms with Gasteiger partial charge in [-0.2, -0.15) is 0 Å². The highest BCUT2D eigenvalue weighted by Gasteiger charge is 2.08. The van der Waals surface area contributed by atoms with E-state index in [-0.39, 0.29) is 0 Å². The molecule has 0 aromatic carbocycles. The van der Waals surface area contributed by atoms with Crippen molar-refractivity contribution in [1.82, 2.24) is 15.0 Å². The van der Waals surface area contributed by atoms with Gasteiger partial charge in [-0.1, -0.05) is 6.07 Å². The van der Waals surface area contributed by atoms with E-state index in [2.05, 4.69) is 15.0 Å². The van der Waals surface area contributed by atoms with Crippen molar-refractivity contribution < 1.29 is 0 Å². The van der Waals surface area contributed by atoms with Crippen LogP contribution in [0.1, 0.15) is 0 Å². The predicted molar refractivity (Wildman–Crippen MR) is 65.1 cm³/mol. The number of nitrogens with two attached hydrogens (primary N) is 1. The summed E-state index contributed by atoms with van der Waals surface area (Å²) in [5.41, 5.74) is 7.48. The molecule has 0 saturated carbocycles. The summed E-state index contributed by atoms with van der Waals surface area (Å²) < 4.78 is 0.930. The highest BCUT2D eigenvalue weighted by Crippen LogP contribution is 2.26. The van der Waals surface area contributed by atoms with Gasteiger partial charge >= 0.3 is 0 Å². The van der Waals surface area contributed by atoms with Crippen LogP contribution in [0.4, 0.5) is 5.82 Å². The summed E-state index contributed by atoms with van der Waals surface area (Å²) >= 11 is 1.55. The number of hydrogen-bond donors (Lipinski definition) is 1. The molecule has 3 rings (SSSR count). The molecule has 0 aliphatic carbocycles. The first-order chi connectivity index (χ1) is 7.84. The second-order valence-electron chi connectivity index (χ2n) is 3.28. The van der Waals surface area contributed by atoms with E-state index in [1.54, 1.807) is 17.5 Å². The van der Waals surface area contributed by atoms with Crippen molar-refractivity contribution in [3.8, 4) is 11.5 Å². The van der Waals surface area contributed by atoms with Crippen molar-refractivity contribution >= 4 is 27.4 Å². The summed E-state index contributed by atoms with van der Waals surface area (Å²) in [6.07, 6.45) is 1.71. The Kier molecular flexibility index (Phi) is 2.04. The normalized spacial score (nSPS) is 10.8. The molecule has 5 heteroatoms. The molecule has 0 atom stereocenters. The van der Waals surface area contributed by atoms with Crippen LogP contribution in [-0.4, -0.2) is 15.0 Å². The van der Waals surface area contributed by atoms with Gasteiger partial charge in [-0.15, -0.1) is 11.3 Å². The van der Waals surface area contributed by atoms with Gasteiger partial charge < -0.3 is 5.73 Å². The van der Waals surface area contributed by atoms with Crippen molar-refractivity contribution in [3.05, 3.63) is 35.8 Å². The van der Waals surface area contributed by atoms with Gasteiger partial charge in [0.05, 0.1) is 10.2 Å². The number of thiophene rings is 1. The van der Waals surface area contributed by atoms with E-state index >= 15 is 0 Å². The highest BCUT2D eigenvalue weighted by atomic mass is 32.1. The maximum Gasteiger partial charge on any atom is 0.180 e. The Morgan fingerprint density at radius 1 is 1.12 bits per heavy atom. The Morgan fingerprint density at radius 2 is 2.06 bits per heavy atom. The Morgan fingerprint density at radius 3 is 2.88 bits per heavy atom. The van der Waals surface area contributed by atoms with Gasteiger partial charge in [0.25, 0.3) is 0 Å². The second-order valence-corrected chi connectivity index (χ2v) is 4.20. The molecule has 4 nitrogen and oxygen atoms in total. The molecule has 0 bridgehead atoms. The number of pyridine rings is 1. The zero-order chi connectivity index (χ0) is 11.0. The van der Waals surface area contributed by atoms with E-state index in [0.717, 1.165) is 15.9 Å². The number of nitrogens with zero attached hydrogens (tertiary/aromatic N) is 3. The van der Waals surface area contributed by atoms with E-state index in [9.17, 15) is 0 Å². The summed E-state index contributed by atoms with van der Waals surface area (Å²) in [6.45, 7) is 0. The monoisotopic (exact) mass is 228 g/mol. The van der Waals surface area contributed by atoms with Crippen molar-refractivity contribution in [1.29, 1.82) is 0 Å². The summed E-state index contributed by atoms with van der Waals surface area (Å²) in [7, 11) is 0. The molecular formula is C11H8N4S. The number of fused-ring (bicyclic) bond motifs is 1. The van der Waals surface area contributed by atoms with Crippen molar-refractivity contribution in [2.45, 2.75) is 0 Å². The number of aromatic nitrogens is 3. The highest BCUT2D eigenvalue weighted by molar-refractivity contribution is 7.17. The standard InChI is InChI=1S/C11H8N4S/c12-10-9-7(4-6-16-9)14-11(15-10)8-3-1-2-5-13-8/h1-6H,(H2,12,14,15). The molecule has 0 aliphatic rings. The molecule has 0 amide bonds. The van der Waals surface area contributed by atoms with E-state index in [4.69, 9.17) is 5.73 Å². The Labute approximate surface area is 95.8 Å². The molecule has 3 aromatic heterocycles. The quantitative estimate of drug-likeness (QED) is 0.694. The summed E-state index contributed by atoms with van der Waals surface area (Å²) in [5.74, 6) is 1.09. The molecule has 2 N–H and O–H groups in total. The van der Waals surface area contributed by atoms with Crippen molar-refractivity contribution in [2.75, 3.05) is 5.73 Å². The number of anilines is 1. The largest absolute Gasteiger partial charge is 0.382 e. The van der Waals surface area contributed by atoms with Gasteiger partial charge in [0.15, 0.2) is 5.82 Å². The third-order valence-electron chi connectivity index (χ3n) is 2.22. The maximum atomic E-state index is 5.87. The fraction of sp³-hybridized carbons (Fsp3) is 0. The second kappa shape index (κ2) is 3.53. The van der Waals surface area contributed by atoms with E-state index in [1.165, 1.54) is 0 Å². The van der Waals surface area contributed by atoms with Crippen molar-refractivity contribution in [3.63, 3.8) is 0 Å². The van der Waals surface area contributed by atoms with Crippen LogP contribution in [0, 0.1) is 0 Å². The molecule has 0 aliphatic heterocycles. The molecule has 0 unspecified atom stereocenters. The van der Waals surface area contributed by atoms with E-state index in [0.29, 0.717) is 11.6 Å². The first-order valence-corrected chi connectivity index (χ1v) is 5.65. The Hall–Kier alpha value is -2.01. The van der Waals surface area contributed by atoms with E-state index in [1.807, 2.05) is 29.6 Å². The number of nitrogen functional groups attached to an aromatic ring is 1. The van der Waals surface area contributed by atoms with Crippen molar-refractivity contribution in [2.24, 2.45) is 0 Å². The lowest BCUT2D eigenvalue weighted by molar-refractivity contribution is 1.19. The molecule has 3 aromatic rings. The van der Waals surface area contributed by atoms with E-state index < -0.39 is 0 Å². The van der Waals surface area contributed by atoms with Crippen LogP contribution in [0.25, 0.3) is 21.7 Å². The summed E-state index contributed by atoms with van der Waals surface area (Å²) in [4.78, 5) is 12.9. The minimum atomic E-state index is 0.514. The first kappa shape index (κ1) is 9.23. The van der Waals surface area contributed by atoms with Crippen LogP contribution >= 0.6 is 11.3 Å². The maximum absolute atomic E-state index is 5.87. The van der Waals surface area contributed by atoms with Crippen LogP contribution in [0.2, 0.25) is 0 Å². The van der Waals surface area contributed by atoms with Gasteiger partial charge in [-0.05, 0) is 23.6 Å². The van der Waals surface area contributed by atoms with Gasteiger partial charge in [-0.3, -0.25) is 4.98 Å². The van der Waals surface area contributed by atoms with Gasteiger partial charge in [0.2, 0.25) is 0 Å². The molecular weight excluding hydrogens is 220 g/mol. The molecule has 78 valence electrons. The minimum Gasteiger partial charge on any atom is -0.382 e. The average molecular weight is 228 g/mol. The fourth-order valence-corrected chi connectivity index (χ4v) is 2.23. The Bertz CT molecular complexity index is 633. The average Bonchev–Trinajstić information content (AvgIpc) is 2.79. The third kappa shape index (κ3) is 1.42. The molecule has 0 spiro atoms. The summed E-state index contributed by atoms with van der Waals surface area (Å²) in [5, 5.41) is 1.96. The molecule has 0 fully saturated rings. The lowest BCUT2D eigenvalue weighted by Gasteiger charge is -2.01. The zero-order valence-electron chi connectivity index (χ0n) is 8.29. The molecule has 3 heterocycles. The van der Waals surface area contributed by atoms with Gasteiger partial charge in [-0.25, -0.2) is 9.97 Å². The first-order valence-electron chi connectivity index (χ1n) is 4.77. The number of rotatable bonds is 1. The predicted octanol–water partition coefficient (Wildman–Crippen LogP) is 2.34. The lowest BCUT2D eigenvalue weighted by atomic mass is 10.3. The van der Waals surface area contributed by atoms with Crippen LogP contribution in [0.15, 0.2) is 35.8 Å². The number of hydrogen-bond acceptors (Lipinski definition) is 5.